The molecule has 0 saturated carbocycles. The van der Waals surface area contributed by atoms with Crippen LogP contribution in [0.15, 0.2) is 36.4 Å². The minimum Gasteiger partial charge on any atom is -0.494 e. The molecule has 0 N–H and O–H groups in total. The van der Waals surface area contributed by atoms with Crippen LogP contribution in [0.5, 0.6) is 5.75 Å². The quantitative estimate of drug-likeness (QED) is 0.617. The lowest BCUT2D eigenvalue weighted by Gasteiger charge is -2.44. The lowest BCUT2D eigenvalue weighted by atomic mass is 9.70. The molecule has 5 rings (SSSR count). The Balaban J connectivity index is 1.64. The van der Waals surface area contributed by atoms with Gasteiger partial charge in [0.05, 0.1) is 36.1 Å². The molecule has 4 atom stereocenters. The second kappa shape index (κ2) is 5.72. The number of rotatable bonds is 4. The molecule has 2 fully saturated rings. The fourth-order valence-electron chi connectivity index (χ4n) is 4.08. The van der Waals surface area contributed by atoms with Gasteiger partial charge in [0.25, 0.3) is 0 Å². The summed E-state index contributed by atoms with van der Waals surface area (Å²) in [6.07, 6.45) is 4.57. The van der Waals surface area contributed by atoms with Gasteiger partial charge in [0, 0.05) is 7.05 Å². The largest absolute Gasteiger partial charge is 0.494 e. The third-order valence-corrected chi connectivity index (χ3v) is 5.32. The first-order valence-corrected chi connectivity index (χ1v) is 8.60. The standard InChI is InChI=1S/C19H20N2O4/c1-3-10-25-12-6-4-11(5-7-12)21-18(23)15-13-8-9-14(16(15)19(21)24)20(2)17(13)22/h4-9,13-16H,3,10H2,1-2H3. The Kier molecular flexibility index (Phi) is 3.63. The van der Waals surface area contributed by atoms with E-state index in [-0.39, 0.29) is 23.8 Å². The topological polar surface area (TPSA) is 66.9 Å². The smallest absolute Gasteiger partial charge is 0.240 e. The van der Waals surface area contributed by atoms with Gasteiger partial charge in [-0.05, 0) is 30.7 Å². The molecule has 3 heterocycles. The van der Waals surface area contributed by atoms with Gasteiger partial charge in [0.2, 0.25) is 17.7 Å². The summed E-state index contributed by atoms with van der Waals surface area (Å²) in [5, 5.41) is 0. The fraction of sp³-hybridized carbons (Fsp3) is 0.421. The van der Waals surface area contributed by atoms with Gasteiger partial charge in [-0.3, -0.25) is 14.4 Å². The number of fused-ring (bicyclic) bond motifs is 1. The molecule has 2 bridgehead atoms. The summed E-state index contributed by atoms with van der Waals surface area (Å²) in [7, 11) is 1.69. The number of hydrogen-bond donors (Lipinski definition) is 0. The highest BCUT2D eigenvalue weighted by Gasteiger charge is 2.61. The number of likely N-dealkylation sites (N-methyl/N-ethyl adjacent to an activating group) is 1. The molecular formula is C19H20N2O4. The van der Waals surface area contributed by atoms with Crippen molar-refractivity contribution in [1.29, 1.82) is 0 Å². The van der Waals surface area contributed by atoms with Crippen LogP contribution in [0, 0.1) is 17.8 Å². The van der Waals surface area contributed by atoms with Crippen molar-refractivity contribution in [3.63, 3.8) is 0 Å². The zero-order chi connectivity index (χ0) is 17.7. The van der Waals surface area contributed by atoms with Crippen LogP contribution < -0.4 is 9.64 Å². The predicted octanol–water partition coefficient (Wildman–Crippen LogP) is 1.61. The molecule has 1 aromatic carbocycles. The number of carbonyl (C=O) groups excluding carboxylic acids is 3. The molecule has 3 aliphatic heterocycles. The SMILES string of the molecule is CCCOc1ccc(N2C(=O)C3C4C=CC(C3C2=O)N(C)C4=O)cc1. The Bertz CT molecular complexity index is 770. The predicted molar refractivity (Wildman–Crippen MR) is 90.9 cm³/mol. The number of nitrogens with zero attached hydrogens (tertiary/aromatic N) is 2. The molecule has 0 radical (unpaired) electrons. The first kappa shape index (κ1) is 15.9. The molecule has 4 unspecified atom stereocenters. The monoisotopic (exact) mass is 340 g/mol. The lowest BCUT2D eigenvalue weighted by Crippen LogP contribution is -2.57. The van der Waals surface area contributed by atoms with E-state index in [1.165, 1.54) is 4.90 Å². The molecule has 3 amide bonds. The summed E-state index contributed by atoms with van der Waals surface area (Å²) in [6.45, 7) is 2.65. The third-order valence-electron chi connectivity index (χ3n) is 5.32. The van der Waals surface area contributed by atoms with Gasteiger partial charge in [0.15, 0.2) is 0 Å². The minimum atomic E-state index is -0.581. The van der Waals surface area contributed by atoms with Gasteiger partial charge in [-0.25, -0.2) is 4.90 Å². The number of benzene rings is 1. The van der Waals surface area contributed by atoms with E-state index < -0.39 is 17.8 Å². The highest BCUT2D eigenvalue weighted by atomic mass is 16.5. The summed E-state index contributed by atoms with van der Waals surface area (Å²) in [5.74, 6) is -1.48. The maximum Gasteiger partial charge on any atom is 0.240 e. The van der Waals surface area contributed by atoms with E-state index in [1.807, 2.05) is 13.0 Å². The van der Waals surface area contributed by atoms with Crippen LogP contribution in [0.1, 0.15) is 13.3 Å². The third kappa shape index (κ3) is 2.20. The van der Waals surface area contributed by atoms with Gasteiger partial charge < -0.3 is 9.64 Å². The van der Waals surface area contributed by atoms with E-state index in [0.717, 1.165) is 6.42 Å². The van der Waals surface area contributed by atoms with Crippen LogP contribution in [0.3, 0.4) is 0 Å². The van der Waals surface area contributed by atoms with Crippen LogP contribution in [-0.4, -0.2) is 42.3 Å². The molecule has 1 aliphatic carbocycles. The summed E-state index contributed by atoms with van der Waals surface area (Å²) in [4.78, 5) is 41.0. The Labute approximate surface area is 146 Å². The van der Waals surface area contributed by atoms with Crippen molar-refractivity contribution in [2.75, 3.05) is 18.6 Å². The van der Waals surface area contributed by atoms with Gasteiger partial charge in [-0.2, -0.15) is 0 Å². The molecule has 6 nitrogen and oxygen atoms in total. The second-order valence-corrected chi connectivity index (χ2v) is 6.76. The van der Waals surface area contributed by atoms with Crippen LogP contribution >= 0.6 is 0 Å². The highest BCUT2D eigenvalue weighted by Crippen LogP contribution is 2.46. The van der Waals surface area contributed by atoms with Crippen LogP contribution in [0.4, 0.5) is 5.69 Å². The van der Waals surface area contributed by atoms with Crippen molar-refractivity contribution in [2.24, 2.45) is 17.8 Å². The molecule has 0 spiro atoms. The molecule has 130 valence electrons. The summed E-state index contributed by atoms with van der Waals surface area (Å²) in [5.41, 5.74) is 0.530. The summed E-state index contributed by atoms with van der Waals surface area (Å²) in [6, 6.07) is 6.63. The van der Waals surface area contributed by atoms with Crippen molar-refractivity contribution in [3.8, 4) is 5.75 Å². The van der Waals surface area contributed by atoms with Crippen molar-refractivity contribution in [3.05, 3.63) is 36.4 Å². The van der Waals surface area contributed by atoms with Crippen molar-refractivity contribution in [2.45, 2.75) is 19.4 Å². The van der Waals surface area contributed by atoms with E-state index in [1.54, 1.807) is 42.3 Å². The normalized spacial score (nSPS) is 30.2. The maximum absolute atomic E-state index is 13.0. The molecule has 4 aliphatic rings. The number of amides is 3. The first-order valence-electron chi connectivity index (χ1n) is 8.60. The number of imide groups is 1. The number of hydrogen-bond acceptors (Lipinski definition) is 4. The molecule has 25 heavy (non-hydrogen) atoms. The van der Waals surface area contributed by atoms with Crippen LogP contribution in [-0.2, 0) is 14.4 Å². The van der Waals surface area contributed by atoms with Crippen molar-refractivity contribution >= 4 is 23.4 Å². The second-order valence-electron chi connectivity index (χ2n) is 6.76. The number of carbonyl (C=O) groups is 3. The lowest BCUT2D eigenvalue weighted by molar-refractivity contribution is -0.148. The molecular weight excluding hydrogens is 320 g/mol. The number of ether oxygens (including phenoxy) is 1. The Morgan fingerprint density at radius 2 is 1.64 bits per heavy atom. The Morgan fingerprint density at radius 1 is 0.960 bits per heavy atom. The average molecular weight is 340 g/mol. The van der Waals surface area contributed by atoms with E-state index in [4.69, 9.17) is 4.74 Å². The molecule has 1 aromatic rings. The van der Waals surface area contributed by atoms with Crippen LogP contribution in [0.25, 0.3) is 0 Å². The number of piperidine rings is 1. The molecule has 6 heteroatoms. The fourth-order valence-corrected chi connectivity index (χ4v) is 4.08. The van der Waals surface area contributed by atoms with Gasteiger partial charge in [-0.15, -0.1) is 0 Å². The van der Waals surface area contributed by atoms with E-state index in [2.05, 4.69) is 0 Å². The van der Waals surface area contributed by atoms with E-state index in [9.17, 15) is 14.4 Å². The van der Waals surface area contributed by atoms with Crippen molar-refractivity contribution in [1.82, 2.24) is 4.90 Å². The summed E-state index contributed by atoms with van der Waals surface area (Å²) >= 11 is 0. The summed E-state index contributed by atoms with van der Waals surface area (Å²) < 4.78 is 5.54. The molecule has 0 aromatic heterocycles. The first-order chi connectivity index (χ1) is 12.0. The number of anilines is 1. The minimum absolute atomic E-state index is 0.0833. The van der Waals surface area contributed by atoms with Gasteiger partial charge in [-0.1, -0.05) is 19.1 Å². The van der Waals surface area contributed by atoms with E-state index in [0.29, 0.717) is 18.0 Å². The average Bonchev–Trinajstić information content (AvgIpc) is 2.90. The molecule has 2 saturated heterocycles. The van der Waals surface area contributed by atoms with Gasteiger partial charge in [0.1, 0.15) is 5.75 Å². The van der Waals surface area contributed by atoms with Gasteiger partial charge >= 0.3 is 0 Å². The van der Waals surface area contributed by atoms with Crippen molar-refractivity contribution < 1.29 is 19.1 Å². The Morgan fingerprint density at radius 3 is 2.32 bits per heavy atom. The Hall–Kier alpha value is -2.63. The van der Waals surface area contributed by atoms with E-state index >= 15 is 0 Å². The maximum atomic E-state index is 13.0. The zero-order valence-electron chi connectivity index (χ0n) is 14.2. The highest BCUT2D eigenvalue weighted by molar-refractivity contribution is 6.24. The van der Waals surface area contributed by atoms with Crippen LogP contribution in [0.2, 0.25) is 0 Å². The zero-order valence-corrected chi connectivity index (χ0v) is 14.2.